The zero-order valence-electron chi connectivity index (χ0n) is 10.1. The van der Waals surface area contributed by atoms with Crippen LogP contribution in [-0.2, 0) is 4.79 Å². The SMILES string of the molecule is C=C(C)[C@@H]1CCC2=CC(=O)C[C@@H](I)[C@]2(C)C1. The van der Waals surface area contributed by atoms with Crippen LogP contribution in [0.25, 0.3) is 0 Å². The van der Waals surface area contributed by atoms with Crippen molar-refractivity contribution in [2.75, 3.05) is 0 Å². The smallest absolute Gasteiger partial charge is 0.156 e. The molecular weight excluding hydrogens is 311 g/mol. The molecule has 0 radical (unpaired) electrons. The first kappa shape index (κ1) is 12.3. The summed E-state index contributed by atoms with van der Waals surface area (Å²) < 4.78 is 0.458. The van der Waals surface area contributed by atoms with Gasteiger partial charge in [0.1, 0.15) is 0 Å². The van der Waals surface area contributed by atoms with Crippen LogP contribution in [0.1, 0.15) is 39.5 Å². The topological polar surface area (TPSA) is 17.1 Å². The lowest BCUT2D eigenvalue weighted by Crippen LogP contribution is -2.40. The highest BCUT2D eigenvalue weighted by molar-refractivity contribution is 14.1. The summed E-state index contributed by atoms with van der Waals surface area (Å²) in [5.74, 6) is 0.966. The molecule has 0 aromatic rings. The maximum absolute atomic E-state index is 11.6. The number of allylic oxidation sites excluding steroid dienone is 3. The molecule has 1 saturated carbocycles. The van der Waals surface area contributed by atoms with Crippen LogP contribution >= 0.6 is 22.6 Å². The minimum absolute atomic E-state index is 0.232. The molecule has 2 heteroatoms. The maximum atomic E-state index is 11.6. The third-order valence-electron chi connectivity index (χ3n) is 4.27. The van der Waals surface area contributed by atoms with Crippen molar-refractivity contribution < 1.29 is 4.79 Å². The first-order chi connectivity index (χ1) is 7.43. The van der Waals surface area contributed by atoms with E-state index in [1.807, 2.05) is 6.08 Å². The van der Waals surface area contributed by atoms with Gasteiger partial charge >= 0.3 is 0 Å². The average molecular weight is 330 g/mol. The van der Waals surface area contributed by atoms with E-state index in [1.165, 1.54) is 24.0 Å². The normalized spacial score (nSPS) is 38.9. The zero-order valence-corrected chi connectivity index (χ0v) is 12.2. The molecule has 0 spiro atoms. The molecule has 0 aromatic carbocycles. The molecule has 0 saturated heterocycles. The van der Waals surface area contributed by atoms with Crippen LogP contribution in [0.3, 0.4) is 0 Å². The third kappa shape index (κ3) is 2.01. The van der Waals surface area contributed by atoms with Crippen molar-refractivity contribution in [1.29, 1.82) is 0 Å². The van der Waals surface area contributed by atoms with Gasteiger partial charge < -0.3 is 0 Å². The molecule has 0 heterocycles. The molecule has 1 fully saturated rings. The Morgan fingerprint density at radius 2 is 2.31 bits per heavy atom. The van der Waals surface area contributed by atoms with Crippen molar-refractivity contribution in [3.8, 4) is 0 Å². The monoisotopic (exact) mass is 330 g/mol. The number of rotatable bonds is 1. The number of ketones is 1. The number of fused-ring (bicyclic) bond motifs is 1. The van der Waals surface area contributed by atoms with Gasteiger partial charge in [-0.2, -0.15) is 0 Å². The Morgan fingerprint density at radius 1 is 1.62 bits per heavy atom. The predicted octanol–water partition coefficient (Wildman–Crippen LogP) is 4.07. The molecule has 0 N–H and O–H groups in total. The van der Waals surface area contributed by atoms with Crippen molar-refractivity contribution >= 4 is 28.4 Å². The van der Waals surface area contributed by atoms with Gasteiger partial charge in [-0.05, 0) is 38.2 Å². The number of halogens is 1. The quantitative estimate of drug-likeness (QED) is 0.402. The first-order valence-electron chi connectivity index (χ1n) is 5.97. The summed E-state index contributed by atoms with van der Waals surface area (Å²) in [6, 6.07) is 0. The van der Waals surface area contributed by atoms with E-state index in [4.69, 9.17) is 0 Å². The molecule has 2 aliphatic carbocycles. The van der Waals surface area contributed by atoms with Crippen LogP contribution in [0.5, 0.6) is 0 Å². The fraction of sp³-hybridized carbons (Fsp3) is 0.643. The van der Waals surface area contributed by atoms with Gasteiger partial charge in [0.15, 0.2) is 5.78 Å². The second kappa shape index (κ2) is 4.28. The van der Waals surface area contributed by atoms with E-state index in [1.54, 1.807) is 0 Å². The van der Waals surface area contributed by atoms with Crippen LogP contribution in [0.4, 0.5) is 0 Å². The van der Waals surface area contributed by atoms with E-state index in [9.17, 15) is 4.79 Å². The Balaban J connectivity index is 2.30. The minimum Gasteiger partial charge on any atom is -0.295 e. The van der Waals surface area contributed by atoms with Gasteiger partial charge in [0.25, 0.3) is 0 Å². The molecular formula is C14H19IO. The van der Waals surface area contributed by atoms with Gasteiger partial charge in [-0.15, -0.1) is 0 Å². The summed E-state index contributed by atoms with van der Waals surface area (Å²) in [5.41, 5.74) is 2.93. The molecule has 2 rings (SSSR count). The van der Waals surface area contributed by atoms with Crippen molar-refractivity contribution in [2.24, 2.45) is 11.3 Å². The molecule has 2 aliphatic rings. The van der Waals surface area contributed by atoms with E-state index >= 15 is 0 Å². The molecule has 0 aliphatic heterocycles. The number of alkyl halides is 1. The highest BCUT2D eigenvalue weighted by Gasteiger charge is 2.44. The summed E-state index contributed by atoms with van der Waals surface area (Å²) in [4.78, 5) is 11.6. The van der Waals surface area contributed by atoms with E-state index in [-0.39, 0.29) is 5.41 Å². The third-order valence-corrected chi connectivity index (χ3v) is 6.09. The first-order valence-corrected chi connectivity index (χ1v) is 7.21. The predicted molar refractivity (Wildman–Crippen MR) is 75.8 cm³/mol. The Morgan fingerprint density at radius 3 is 2.94 bits per heavy atom. The lowest BCUT2D eigenvalue weighted by molar-refractivity contribution is -0.115. The summed E-state index contributed by atoms with van der Waals surface area (Å²) in [6.07, 6.45) is 6.06. The summed E-state index contributed by atoms with van der Waals surface area (Å²) >= 11 is 2.47. The van der Waals surface area contributed by atoms with E-state index in [0.717, 1.165) is 6.42 Å². The molecule has 0 bridgehead atoms. The molecule has 0 unspecified atom stereocenters. The van der Waals surface area contributed by atoms with E-state index in [2.05, 4.69) is 43.0 Å². The van der Waals surface area contributed by atoms with Crippen molar-refractivity contribution in [3.05, 3.63) is 23.8 Å². The fourth-order valence-corrected chi connectivity index (χ4v) is 4.09. The van der Waals surface area contributed by atoms with Gasteiger partial charge in [0.05, 0.1) is 0 Å². The number of carbonyl (C=O) groups excluding carboxylic acids is 1. The zero-order chi connectivity index (χ0) is 11.9. The van der Waals surface area contributed by atoms with Crippen molar-refractivity contribution in [3.63, 3.8) is 0 Å². The van der Waals surface area contributed by atoms with Crippen molar-refractivity contribution in [2.45, 2.75) is 43.5 Å². The van der Waals surface area contributed by atoms with Crippen LogP contribution in [0.2, 0.25) is 0 Å². The molecule has 3 atom stereocenters. The van der Waals surface area contributed by atoms with Gasteiger partial charge in [0, 0.05) is 15.8 Å². The Kier molecular flexibility index (Phi) is 3.30. The van der Waals surface area contributed by atoms with Crippen molar-refractivity contribution in [1.82, 2.24) is 0 Å². The molecule has 1 nitrogen and oxygen atoms in total. The molecule has 0 amide bonds. The van der Waals surface area contributed by atoms with E-state index < -0.39 is 0 Å². The van der Waals surface area contributed by atoms with Crippen LogP contribution < -0.4 is 0 Å². The Labute approximate surface area is 112 Å². The Hall–Kier alpha value is -0.120. The summed E-state index contributed by atoms with van der Waals surface area (Å²) in [6.45, 7) is 8.57. The second-order valence-corrected chi connectivity index (χ2v) is 7.01. The highest BCUT2D eigenvalue weighted by atomic mass is 127. The lowest BCUT2D eigenvalue weighted by atomic mass is 9.62. The van der Waals surface area contributed by atoms with Crippen LogP contribution in [-0.4, -0.2) is 9.71 Å². The standard InChI is InChI=1S/C14H19IO/c1-9(2)10-4-5-11-6-12(16)7-13(15)14(11,3)8-10/h6,10,13H,1,4-5,7-8H2,2-3H3/t10-,13-,14-/m1/s1. The van der Waals surface area contributed by atoms with Crippen LogP contribution in [0.15, 0.2) is 23.8 Å². The lowest BCUT2D eigenvalue weighted by Gasteiger charge is -2.46. The summed E-state index contributed by atoms with van der Waals surface area (Å²) in [5, 5.41) is 0. The maximum Gasteiger partial charge on any atom is 0.156 e. The largest absolute Gasteiger partial charge is 0.295 e. The molecule has 16 heavy (non-hydrogen) atoms. The fourth-order valence-electron chi connectivity index (χ4n) is 3.00. The molecule has 88 valence electrons. The minimum atomic E-state index is 0.232. The summed E-state index contributed by atoms with van der Waals surface area (Å²) in [7, 11) is 0. The highest BCUT2D eigenvalue weighted by Crippen LogP contribution is 2.52. The average Bonchev–Trinajstić information content (AvgIpc) is 2.19. The van der Waals surface area contributed by atoms with Gasteiger partial charge in [-0.25, -0.2) is 0 Å². The second-order valence-electron chi connectivity index (χ2n) is 5.51. The van der Waals surface area contributed by atoms with Crippen LogP contribution in [0, 0.1) is 11.3 Å². The van der Waals surface area contributed by atoms with Gasteiger partial charge in [-0.3, -0.25) is 4.79 Å². The number of hydrogen-bond acceptors (Lipinski definition) is 1. The number of carbonyl (C=O) groups is 1. The number of hydrogen-bond donors (Lipinski definition) is 0. The van der Waals surface area contributed by atoms with E-state index in [0.29, 0.717) is 22.0 Å². The molecule has 0 aromatic heterocycles. The van der Waals surface area contributed by atoms with Gasteiger partial charge in [0.2, 0.25) is 0 Å². The van der Waals surface area contributed by atoms with Gasteiger partial charge in [-0.1, -0.05) is 47.2 Å². The Bertz CT molecular complexity index is 369.